The van der Waals surface area contributed by atoms with Gasteiger partial charge in [-0.2, -0.15) is 0 Å². The van der Waals surface area contributed by atoms with Crippen molar-refractivity contribution >= 4 is 22.3 Å². The molecular weight excluding hydrogens is 386 g/mol. The van der Waals surface area contributed by atoms with Crippen molar-refractivity contribution in [3.8, 4) is 5.75 Å². The molecule has 0 spiro atoms. The van der Waals surface area contributed by atoms with Gasteiger partial charge in [0.2, 0.25) is 0 Å². The minimum atomic E-state index is 0.126. The van der Waals surface area contributed by atoms with Crippen LogP contribution in [0.15, 0.2) is 41.0 Å². The van der Waals surface area contributed by atoms with E-state index in [1.807, 2.05) is 22.2 Å². The highest BCUT2D eigenvalue weighted by atomic mass is 32.1. The summed E-state index contributed by atoms with van der Waals surface area (Å²) in [4.78, 5) is 10.4. The average molecular weight is 414 g/mol. The van der Waals surface area contributed by atoms with Crippen LogP contribution < -0.4 is 15.4 Å². The van der Waals surface area contributed by atoms with Gasteiger partial charge in [-0.1, -0.05) is 12.1 Å². The summed E-state index contributed by atoms with van der Waals surface area (Å²) in [5.41, 5.74) is 3.24. The Morgan fingerprint density at radius 2 is 2.34 bits per heavy atom. The summed E-state index contributed by atoms with van der Waals surface area (Å²) in [6.07, 6.45) is 5.12. The van der Waals surface area contributed by atoms with Gasteiger partial charge >= 0.3 is 0 Å². The maximum Gasteiger partial charge on any atom is 0.193 e. The molecule has 1 aliphatic rings. The van der Waals surface area contributed by atoms with E-state index in [0.29, 0.717) is 19.7 Å². The number of hydrogen-bond acceptors (Lipinski definition) is 5. The maximum absolute atomic E-state index is 6.19. The van der Waals surface area contributed by atoms with E-state index in [9.17, 15) is 0 Å². The fourth-order valence-electron chi connectivity index (χ4n) is 3.23. The lowest BCUT2D eigenvalue weighted by Gasteiger charge is -2.16. The first-order chi connectivity index (χ1) is 14.2. The topological polar surface area (TPSA) is 72.2 Å². The number of rotatable bonds is 7. The summed E-state index contributed by atoms with van der Waals surface area (Å²) in [5.74, 6) is 1.66. The summed E-state index contributed by atoms with van der Waals surface area (Å²) < 4.78 is 13.7. The maximum atomic E-state index is 6.19. The van der Waals surface area contributed by atoms with Crippen molar-refractivity contribution in [2.24, 2.45) is 4.99 Å². The number of guanidine groups is 1. The van der Waals surface area contributed by atoms with E-state index in [0.717, 1.165) is 47.5 Å². The Kier molecular flexibility index (Phi) is 6.31. The molecule has 3 heterocycles. The molecular formula is C21H27N5O2S. The van der Waals surface area contributed by atoms with Crippen molar-refractivity contribution in [2.45, 2.75) is 39.5 Å². The highest BCUT2D eigenvalue weighted by Gasteiger charge is 2.18. The zero-order valence-corrected chi connectivity index (χ0v) is 17.7. The van der Waals surface area contributed by atoms with Gasteiger partial charge in [0.1, 0.15) is 11.9 Å². The van der Waals surface area contributed by atoms with Crippen molar-refractivity contribution < 1.29 is 9.47 Å². The number of hydrogen-bond donors (Lipinski definition) is 2. The fraction of sp³-hybridized carbons (Fsp3) is 0.429. The second kappa shape index (κ2) is 9.28. The van der Waals surface area contributed by atoms with Crippen LogP contribution in [0.25, 0.3) is 4.96 Å². The molecule has 1 unspecified atom stereocenters. The van der Waals surface area contributed by atoms with Crippen molar-refractivity contribution in [3.05, 3.63) is 52.8 Å². The Morgan fingerprint density at radius 1 is 1.41 bits per heavy atom. The van der Waals surface area contributed by atoms with Crippen LogP contribution in [0.3, 0.4) is 0 Å². The smallest absolute Gasteiger partial charge is 0.193 e. The first kappa shape index (κ1) is 19.7. The number of benzene rings is 1. The van der Waals surface area contributed by atoms with Crippen molar-refractivity contribution in [1.82, 2.24) is 20.0 Å². The number of aromatic nitrogens is 2. The molecule has 0 bridgehead atoms. The summed E-state index contributed by atoms with van der Waals surface area (Å²) >= 11 is 1.63. The molecule has 154 valence electrons. The third-order valence-electron chi connectivity index (χ3n) is 4.74. The van der Waals surface area contributed by atoms with E-state index >= 15 is 0 Å². The third kappa shape index (κ3) is 5.07. The molecule has 1 aliphatic heterocycles. The lowest BCUT2D eigenvalue weighted by molar-refractivity contribution is 0.140. The van der Waals surface area contributed by atoms with Crippen LogP contribution in [-0.4, -0.2) is 41.2 Å². The molecule has 7 nitrogen and oxygen atoms in total. The lowest BCUT2D eigenvalue weighted by Crippen LogP contribution is -2.36. The van der Waals surface area contributed by atoms with Gasteiger partial charge in [0, 0.05) is 36.3 Å². The molecule has 0 radical (unpaired) electrons. The van der Waals surface area contributed by atoms with Crippen molar-refractivity contribution in [1.29, 1.82) is 0 Å². The molecule has 0 aliphatic carbocycles. The largest absolute Gasteiger partial charge is 0.488 e. The molecule has 8 heteroatoms. The number of imidazole rings is 1. The van der Waals surface area contributed by atoms with Gasteiger partial charge in [0.05, 0.1) is 32.0 Å². The standard InChI is InChI=1S/C21H27N5O2S/c1-3-22-20(24-12-17-13-26-7-9-29-21(26)25-17)23-11-16-5-4-15(2)10-19(16)28-18-6-8-27-14-18/h4-5,7,9-10,13,18H,3,6,8,11-12,14H2,1-2H3,(H2,22,23,24). The Morgan fingerprint density at radius 3 is 3.14 bits per heavy atom. The normalized spacial score (nSPS) is 17.0. The second-order valence-electron chi connectivity index (χ2n) is 7.09. The Labute approximate surface area is 174 Å². The molecule has 1 atom stereocenters. The van der Waals surface area contributed by atoms with E-state index < -0.39 is 0 Å². The highest BCUT2D eigenvalue weighted by molar-refractivity contribution is 7.15. The number of ether oxygens (including phenoxy) is 2. The predicted molar refractivity (Wildman–Crippen MR) is 116 cm³/mol. The number of aryl methyl sites for hydroxylation is 1. The van der Waals surface area contributed by atoms with Crippen molar-refractivity contribution in [3.63, 3.8) is 0 Å². The predicted octanol–water partition coefficient (Wildman–Crippen LogP) is 3.13. The molecule has 3 aromatic rings. The van der Waals surface area contributed by atoms with Crippen LogP contribution >= 0.6 is 11.3 Å². The highest BCUT2D eigenvalue weighted by Crippen LogP contribution is 2.24. The van der Waals surface area contributed by atoms with E-state index in [-0.39, 0.29) is 6.10 Å². The minimum Gasteiger partial charge on any atom is -0.488 e. The van der Waals surface area contributed by atoms with E-state index in [1.165, 1.54) is 5.56 Å². The molecule has 29 heavy (non-hydrogen) atoms. The molecule has 1 fully saturated rings. The SMILES string of the molecule is CCNC(=NCc1ccc(C)cc1OC1CCOC1)NCc1cn2ccsc2n1. The number of nitrogens with one attached hydrogen (secondary N) is 2. The number of aliphatic imine (C=N–C) groups is 1. The Balaban J connectivity index is 1.43. The Bertz CT molecular complexity index is 946. The summed E-state index contributed by atoms with van der Waals surface area (Å²) in [7, 11) is 0. The molecule has 1 aromatic carbocycles. The molecule has 0 saturated carbocycles. The van der Waals surface area contributed by atoms with Gasteiger partial charge in [-0.25, -0.2) is 9.98 Å². The lowest BCUT2D eigenvalue weighted by atomic mass is 10.1. The van der Waals surface area contributed by atoms with Crippen LogP contribution in [0, 0.1) is 6.92 Å². The van der Waals surface area contributed by atoms with Crippen LogP contribution in [0.1, 0.15) is 30.2 Å². The molecule has 2 aromatic heterocycles. The molecule has 4 rings (SSSR count). The van der Waals surface area contributed by atoms with Gasteiger partial charge in [-0.05, 0) is 25.5 Å². The molecule has 2 N–H and O–H groups in total. The zero-order valence-electron chi connectivity index (χ0n) is 16.9. The van der Waals surface area contributed by atoms with Crippen molar-refractivity contribution in [2.75, 3.05) is 19.8 Å². The van der Waals surface area contributed by atoms with E-state index in [2.05, 4.69) is 47.7 Å². The van der Waals surface area contributed by atoms with Crippen LogP contribution in [0.4, 0.5) is 0 Å². The summed E-state index contributed by atoms with van der Waals surface area (Å²) in [6.45, 7) is 7.51. The monoisotopic (exact) mass is 413 g/mol. The minimum absolute atomic E-state index is 0.126. The fourth-order valence-corrected chi connectivity index (χ4v) is 3.95. The number of nitrogens with zero attached hydrogens (tertiary/aromatic N) is 3. The second-order valence-corrected chi connectivity index (χ2v) is 7.96. The van der Waals surface area contributed by atoms with Crippen LogP contribution in [-0.2, 0) is 17.8 Å². The molecule has 1 saturated heterocycles. The summed E-state index contributed by atoms with van der Waals surface area (Å²) in [6, 6.07) is 6.28. The van der Waals surface area contributed by atoms with Crippen LogP contribution in [0.5, 0.6) is 5.75 Å². The third-order valence-corrected chi connectivity index (χ3v) is 5.51. The van der Waals surface area contributed by atoms with Gasteiger partial charge in [-0.3, -0.25) is 4.40 Å². The van der Waals surface area contributed by atoms with Gasteiger partial charge in [0.15, 0.2) is 10.9 Å². The van der Waals surface area contributed by atoms with E-state index in [1.54, 1.807) is 11.3 Å². The first-order valence-electron chi connectivity index (χ1n) is 9.98. The number of fused-ring (bicyclic) bond motifs is 1. The van der Waals surface area contributed by atoms with Crippen LogP contribution in [0.2, 0.25) is 0 Å². The first-order valence-corrected chi connectivity index (χ1v) is 10.9. The van der Waals surface area contributed by atoms with Gasteiger partial charge in [-0.15, -0.1) is 11.3 Å². The van der Waals surface area contributed by atoms with Gasteiger partial charge in [0.25, 0.3) is 0 Å². The van der Waals surface area contributed by atoms with E-state index in [4.69, 9.17) is 14.5 Å². The quantitative estimate of drug-likeness (QED) is 0.460. The Hall–Kier alpha value is -2.58. The summed E-state index contributed by atoms with van der Waals surface area (Å²) in [5, 5.41) is 8.70. The zero-order chi connectivity index (χ0) is 20.1. The number of thiazole rings is 1. The van der Waals surface area contributed by atoms with Gasteiger partial charge < -0.3 is 20.1 Å². The molecule has 0 amide bonds. The average Bonchev–Trinajstić information content (AvgIpc) is 3.43.